The smallest absolute Gasteiger partial charge is 0.0564 e. The Morgan fingerprint density at radius 2 is 0.208 bits per heavy atom. The Hall–Kier alpha value is 0. The summed E-state index contributed by atoms with van der Waals surface area (Å²) in [7, 11) is 0. The van der Waals surface area contributed by atoms with E-state index >= 15 is 0 Å². The van der Waals surface area contributed by atoms with E-state index in [0.717, 1.165) is 0 Å². The second-order valence-electron chi connectivity index (χ2n) is 6.00. The van der Waals surface area contributed by atoms with Gasteiger partial charge in [-0.15, -0.1) is 0 Å². The van der Waals surface area contributed by atoms with Crippen molar-refractivity contribution in [1.82, 2.24) is 0 Å². The second-order valence-corrected chi connectivity index (χ2v) is 6.00. The topological polar surface area (TPSA) is 0 Å². The lowest BCUT2D eigenvalue weighted by atomic mass is 10.4. The lowest BCUT2D eigenvalue weighted by Crippen LogP contribution is -1.47. The van der Waals surface area contributed by atoms with Gasteiger partial charge >= 0.3 is 0 Å². The lowest BCUT2D eigenvalue weighted by Gasteiger charge is -1.68. The van der Waals surface area contributed by atoms with Crippen molar-refractivity contribution in [1.29, 1.82) is 0 Å². The Morgan fingerprint density at radius 1 is 0.167 bits per heavy atom. The third kappa shape index (κ3) is 270. The van der Waals surface area contributed by atoms with Crippen molar-refractivity contribution in [2.45, 2.75) is 160 Å². The van der Waals surface area contributed by atoms with E-state index < -0.39 is 0 Å². The first-order valence-corrected chi connectivity index (χ1v) is 11.5. The molecule has 0 aliphatic heterocycles. The van der Waals surface area contributed by atoms with Crippen LogP contribution in [-0.2, 0) is 0 Å². The van der Waals surface area contributed by atoms with Gasteiger partial charge in [0.1, 0.15) is 0 Å². The fourth-order valence-corrected chi connectivity index (χ4v) is 0. The summed E-state index contributed by atoms with van der Waals surface area (Å²) in [5.41, 5.74) is 0. The molecule has 0 saturated heterocycles. The molecule has 0 aliphatic rings. The zero-order valence-electron chi connectivity index (χ0n) is 20.5. The summed E-state index contributed by atoms with van der Waals surface area (Å²) in [6.45, 7) is 26.2. The highest BCUT2D eigenvalue weighted by molar-refractivity contribution is 4.14. The average molecular weight is 349 g/mol. The van der Waals surface area contributed by atoms with Gasteiger partial charge in [0.15, 0.2) is 0 Å². The first-order valence-electron chi connectivity index (χ1n) is 11.5. The van der Waals surface area contributed by atoms with Gasteiger partial charge in [-0.2, -0.15) is 0 Å². The van der Waals surface area contributed by atoms with Gasteiger partial charge < -0.3 is 0 Å². The van der Waals surface area contributed by atoms with Crippen molar-refractivity contribution in [2.75, 3.05) is 0 Å². The third-order valence-corrected chi connectivity index (χ3v) is 3.00. The SMILES string of the molecule is CCCC.CCCC.CCCC.CCCC.CCCC.CCCC. The van der Waals surface area contributed by atoms with Gasteiger partial charge in [-0.25, -0.2) is 0 Å². The fraction of sp³-hybridized carbons (Fsp3) is 1.00. The monoisotopic (exact) mass is 348 g/mol. The van der Waals surface area contributed by atoms with E-state index in [9.17, 15) is 0 Å². The lowest BCUT2D eigenvalue weighted by molar-refractivity contribution is 0.886. The minimum Gasteiger partial charge on any atom is -0.0654 e. The summed E-state index contributed by atoms with van der Waals surface area (Å²) in [6.07, 6.45) is 15.8. The quantitative estimate of drug-likeness (QED) is 0.447. The molecule has 0 fully saturated rings. The summed E-state index contributed by atoms with van der Waals surface area (Å²) in [4.78, 5) is 0. The van der Waals surface area contributed by atoms with E-state index in [4.69, 9.17) is 0 Å². The highest BCUT2D eigenvalue weighted by Gasteiger charge is 1.58. The minimum atomic E-state index is 1.32. The van der Waals surface area contributed by atoms with Crippen molar-refractivity contribution in [2.24, 2.45) is 0 Å². The van der Waals surface area contributed by atoms with Crippen LogP contribution in [0.5, 0.6) is 0 Å². The van der Waals surface area contributed by atoms with Crippen LogP contribution in [0.25, 0.3) is 0 Å². The summed E-state index contributed by atoms with van der Waals surface area (Å²) in [5.74, 6) is 0. The van der Waals surface area contributed by atoms with Crippen LogP contribution < -0.4 is 0 Å². The van der Waals surface area contributed by atoms with Crippen LogP contribution in [0.2, 0.25) is 0 Å². The van der Waals surface area contributed by atoms with Gasteiger partial charge in [0.2, 0.25) is 0 Å². The van der Waals surface area contributed by atoms with Crippen LogP contribution in [0.1, 0.15) is 160 Å². The molecule has 0 spiro atoms. The van der Waals surface area contributed by atoms with E-state index in [0.29, 0.717) is 0 Å². The molecule has 0 nitrogen and oxygen atoms in total. The number of hydrogen-bond acceptors (Lipinski definition) is 0. The Labute approximate surface area is 160 Å². The Kier molecular flexibility index (Phi) is 126. The molecule has 0 aromatic rings. The van der Waals surface area contributed by atoms with E-state index in [2.05, 4.69) is 83.1 Å². The van der Waals surface area contributed by atoms with Crippen molar-refractivity contribution in [3.63, 3.8) is 0 Å². The summed E-state index contributed by atoms with van der Waals surface area (Å²) < 4.78 is 0. The molecule has 0 saturated carbocycles. The van der Waals surface area contributed by atoms with Gasteiger partial charge in [0.05, 0.1) is 0 Å². The van der Waals surface area contributed by atoms with Gasteiger partial charge in [-0.3, -0.25) is 0 Å². The van der Waals surface area contributed by atoms with Gasteiger partial charge in [-0.05, 0) is 0 Å². The maximum atomic E-state index is 2.18. The molecule has 0 aromatic carbocycles. The molecule has 0 unspecified atom stereocenters. The van der Waals surface area contributed by atoms with Crippen LogP contribution in [0.4, 0.5) is 0 Å². The second kappa shape index (κ2) is 77.3. The number of hydrogen-bond donors (Lipinski definition) is 0. The van der Waals surface area contributed by atoms with Crippen LogP contribution >= 0.6 is 0 Å². The van der Waals surface area contributed by atoms with Gasteiger partial charge in [0.25, 0.3) is 0 Å². The molecule has 0 rings (SSSR count). The van der Waals surface area contributed by atoms with E-state index in [1.165, 1.54) is 77.0 Å². The molecule has 0 heterocycles. The standard InChI is InChI=1S/6C4H10/c6*1-3-4-2/h6*3-4H2,1-2H3. The van der Waals surface area contributed by atoms with Crippen LogP contribution in [0, 0.1) is 0 Å². The summed E-state index contributed by atoms with van der Waals surface area (Å²) in [5, 5.41) is 0. The molecular formula is C24H60. The molecule has 0 aromatic heterocycles. The summed E-state index contributed by atoms with van der Waals surface area (Å²) in [6, 6.07) is 0. The van der Waals surface area contributed by atoms with Crippen molar-refractivity contribution in [3.05, 3.63) is 0 Å². The Morgan fingerprint density at radius 3 is 0.208 bits per heavy atom. The number of rotatable bonds is 6. The highest BCUT2D eigenvalue weighted by atomic mass is 13.6. The van der Waals surface area contributed by atoms with Crippen LogP contribution in [0.3, 0.4) is 0 Å². The van der Waals surface area contributed by atoms with Crippen molar-refractivity contribution < 1.29 is 0 Å². The molecule has 0 atom stereocenters. The van der Waals surface area contributed by atoms with E-state index in [1.54, 1.807) is 0 Å². The Balaban J connectivity index is -0.0000000405. The first-order chi connectivity index (χ1) is 11.5. The predicted molar refractivity (Wildman–Crippen MR) is 123 cm³/mol. The van der Waals surface area contributed by atoms with Gasteiger partial charge in [-0.1, -0.05) is 160 Å². The molecule has 0 radical (unpaired) electrons. The van der Waals surface area contributed by atoms with Crippen LogP contribution in [-0.4, -0.2) is 0 Å². The molecule has 0 heteroatoms. The minimum absolute atomic E-state index is 1.32. The highest BCUT2D eigenvalue weighted by Crippen LogP contribution is 1.78. The van der Waals surface area contributed by atoms with Crippen molar-refractivity contribution in [3.8, 4) is 0 Å². The number of unbranched alkanes of at least 4 members (excludes halogenated alkanes) is 6. The molecule has 0 aliphatic carbocycles. The maximum Gasteiger partial charge on any atom is -0.0564 e. The molecule has 0 bridgehead atoms. The predicted octanol–water partition coefficient (Wildman–Crippen LogP) is 10.8. The maximum absolute atomic E-state index is 2.18. The van der Waals surface area contributed by atoms with Crippen molar-refractivity contribution >= 4 is 0 Å². The molecular weight excluding hydrogens is 288 g/mol. The fourth-order valence-electron chi connectivity index (χ4n) is 0. The molecule has 0 amide bonds. The molecule has 156 valence electrons. The zero-order chi connectivity index (χ0) is 20.5. The molecule has 24 heavy (non-hydrogen) atoms. The zero-order valence-corrected chi connectivity index (χ0v) is 20.5. The molecule has 0 N–H and O–H groups in total. The Bertz CT molecular complexity index is 43.0. The van der Waals surface area contributed by atoms with Crippen LogP contribution in [0.15, 0.2) is 0 Å². The van der Waals surface area contributed by atoms with E-state index in [1.807, 2.05) is 0 Å². The third-order valence-electron chi connectivity index (χ3n) is 3.00. The largest absolute Gasteiger partial charge is 0.0654 e. The average Bonchev–Trinajstić information content (AvgIpc) is 2.68. The first kappa shape index (κ1) is 39.2. The van der Waals surface area contributed by atoms with Gasteiger partial charge in [0, 0.05) is 0 Å². The van der Waals surface area contributed by atoms with E-state index in [-0.39, 0.29) is 0 Å². The summed E-state index contributed by atoms with van der Waals surface area (Å²) >= 11 is 0. The normalized spacial score (nSPS) is 7.50.